The average Bonchev–Trinajstić information content (AvgIpc) is 2.61. The predicted molar refractivity (Wildman–Crippen MR) is 90.0 cm³/mol. The summed E-state index contributed by atoms with van der Waals surface area (Å²) in [5.41, 5.74) is -0.0156. The molecule has 25 heavy (non-hydrogen) atoms. The van der Waals surface area contributed by atoms with E-state index in [1.54, 1.807) is 24.3 Å². The lowest BCUT2D eigenvalue weighted by molar-refractivity contribution is 0.0695. The Morgan fingerprint density at radius 2 is 1.28 bits per heavy atom. The van der Waals surface area contributed by atoms with Crippen molar-refractivity contribution in [3.05, 3.63) is 77.9 Å². The second kappa shape index (κ2) is 6.37. The molecule has 0 aliphatic carbocycles. The number of hydrogen-bond acceptors (Lipinski definition) is 5. The second-order valence-electron chi connectivity index (χ2n) is 5.15. The normalized spacial score (nSPS) is 11.2. The highest BCUT2D eigenvalue weighted by Gasteiger charge is 2.23. The molecule has 3 rings (SSSR count). The van der Waals surface area contributed by atoms with Gasteiger partial charge in [-0.1, -0.05) is 42.5 Å². The molecule has 0 spiro atoms. The highest BCUT2D eigenvalue weighted by Crippen LogP contribution is 2.25. The van der Waals surface area contributed by atoms with Crippen LogP contribution in [0.4, 0.5) is 0 Å². The Balaban J connectivity index is 2.04. The molecule has 0 radical (unpaired) electrons. The summed E-state index contributed by atoms with van der Waals surface area (Å²) in [6.45, 7) is 0. The lowest BCUT2D eigenvalue weighted by atomic mass is 10.00. The Hall–Kier alpha value is -3.19. The summed E-state index contributed by atoms with van der Waals surface area (Å²) in [5.74, 6) is -2.22. The molecule has 0 unspecified atom stereocenters. The molecule has 0 aromatic heterocycles. The lowest BCUT2D eigenvalue weighted by Crippen LogP contribution is -2.14. The van der Waals surface area contributed by atoms with Crippen LogP contribution in [-0.2, 0) is 14.3 Å². The van der Waals surface area contributed by atoms with Gasteiger partial charge in [0.2, 0.25) is 0 Å². The molecule has 1 N–H and O–H groups in total. The Morgan fingerprint density at radius 3 is 1.88 bits per heavy atom. The maximum absolute atomic E-state index is 12.4. The zero-order valence-corrected chi connectivity index (χ0v) is 13.6. The van der Waals surface area contributed by atoms with Gasteiger partial charge in [0.15, 0.2) is 0 Å². The SMILES string of the molecule is O=C(O)c1ccc(C(=O)OS(=O)(=O)c2ccccc2)c2ccccc12. The van der Waals surface area contributed by atoms with Crippen molar-refractivity contribution in [1.29, 1.82) is 0 Å². The van der Waals surface area contributed by atoms with Crippen molar-refractivity contribution < 1.29 is 27.3 Å². The van der Waals surface area contributed by atoms with Gasteiger partial charge in [0.1, 0.15) is 4.90 Å². The molecule has 0 aliphatic rings. The van der Waals surface area contributed by atoms with Gasteiger partial charge >= 0.3 is 22.1 Å². The Labute approximate surface area is 143 Å². The third-order valence-electron chi connectivity index (χ3n) is 3.59. The molecule has 0 atom stereocenters. The van der Waals surface area contributed by atoms with Gasteiger partial charge in [-0.15, -0.1) is 0 Å². The van der Waals surface area contributed by atoms with Gasteiger partial charge in [-0.05, 0) is 35.0 Å². The molecular weight excluding hydrogens is 344 g/mol. The van der Waals surface area contributed by atoms with E-state index in [-0.39, 0.29) is 16.0 Å². The Morgan fingerprint density at radius 1 is 0.760 bits per heavy atom. The maximum atomic E-state index is 12.4. The van der Waals surface area contributed by atoms with Gasteiger partial charge < -0.3 is 9.29 Å². The summed E-state index contributed by atoms with van der Waals surface area (Å²) in [6, 6.07) is 16.1. The number of carbonyl (C=O) groups is 2. The number of carbonyl (C=O) groups excluding carboxylic acids is 1. The fourth-order valence-corrected chi connectivity index (χ4v) is 3.32. The topological polar surface area (TPSA) is 97.7 Å². The van der Waals surface area contributed by atoms with E-state index in [1.807, 2.05) is 0 Å². The third-order valence-corrected chi connectivity index (χ3v) is 4.81. The van der Waals surface area contributed by atoms with Crippen molar-refractivity contribution in [3.8, 4) is 0 Å². The van der Waals surface area contributed by atoms with Crippen LogP contribution in [0.5, 0.6) is 0 Å². The highest BCUT2D eigenvalue weighted by atomic mass is 32.2. The highest BCUT2D eigenvalue weighted by molar-refractivity contribution is 7.87. The summed E-state index contributed by atoms with van der Waals surface area (Å²) in [4.78, 5) is 23.5. The van der Waals surface area contributed by atoms with E-state index in [0.717, 1.165) is 0 Å². The molecule has 0 aliphatic heterocycles. The second-order valence-corrected chi connectivity index (χ2v) is 6.70. The molecule has 0 bridgehead atoms. The molecule has 6 nitrogen and oxygen atoms in total. The van der Waals surface area contributed by atoms with Crippen LogP contribution in [0, 0.1) is 0 Å². The maximum Gasteiger partial charge on any atom is 0.354 e. The number of aromatic carboxylic acids is 1. The monoisotopic (exact) mass is 356 g/mol. The molecule has 126 valence electrons. The zero-order valence-electron chi connectivity index (χ0n) is 12.7. The van der Waals surface area contributed by atoms with Gasteiger partial charge in [-0.2, -0.15) is 8.42 Å². The molecular formula is C18H12O6S. The van der Waals surface area contributed by atoms with Crippen molar-refractivity contribution in [2.45, 2.75) is 4.90 Å². The van der Waals surface area contributed by atoms with Crippen LogP contribution in [-0.4, -0.2) is 25.5 Å². The van der Waals surface area contributed by atoms with E-state index in [0.29, 0.717) is 10.8 Å². The molecule has 3 aromatic rings. The molecule has 3 aromatic carbocycles. The van der Waals surface area contributed by atoms with Gasteiger partial charge in [0.05, 0.1) is 11.1 Å². The number of carboxylic acids is 1. The fraction of sp³-hybridized carbons (Fsp3) is 0. The third kappa shape index (κ3) is 3.22. The molecule has 7 heteroatoms. The quantitative estimate of drug-likeness (QED) is 0.722. The molecule has 0 saturated carbocycles. The minimum atomic E-state index is -4.27. The first kappa shape index (κ1) is 16.7. The first-order chi connectivity index (χ1) is 11.9. The first-order valence-corrected chi connectivity index (χ1v) is 8.60. The number of hydrogen-bond donors (Lipinski definition) is 1. The fourth-order valence-electron chi connectivity index (χ4n) is 2.44. The minimum Gasteiger partial charge on any atom is -0.478 e. The van der Waals surface area contributed by atoms with Crippen molar-refractivity contribution >= 4 is 32.8 Å². The summed E-state index contributed by atoms with van der Waals surface area (Å²) in [7, 11) is -4.27. The number of fused-ring (bicyclic) bond motifs is 1. The number of rotatable bonds is 4. The van der Waals surface area contributed by atoms with Crippen LogP contribution in [0.25, 0.3) is 10.8 Å². The van der Waals surface area contributed by atoms with Crippen molar-refractivity contribution in [2.24, 2.45) is 0 Å². The molecule has 0 fully saturated rings. The van der Waals surface area contributed by atoms with E-state index in [2.05, 4.69) is 0 Å². The Kier molecular flexibility index (Phi) is 4.24. The lowest BCUT2D eigenvalue weighted by Gasteiger charge is -2.09. The first-order valence-electron chi connectivity index (χ1n) is 7.19. The summed E-state index contributed by atoms with van der Waals surface area (Å²) >= 11 is 0. The van der Waals surface area contributed by atoms with Crippen LogP contribution >= 0.6 is 0 Å². The minimum absolute atomic E-state index is 0.0121. The molecule has 0 heterocycles. The van der Waals surface area contributed by atoms with Gasteiger partial charge in [0.25, 0.3) is 0 Å². The van der Waals surface area contributed by atoms with Gasteiger partial charge in [-0.25, -0.2) is 9.59 Å². The van der Waals surface area contributed by atoms with E-state index >= 15 is 0 Å². The van der Waals surface area contributed by atoms with Crippen LogP contribution in [0.15, 0.2) is 71.6 Å². The van der Waals surface area contributed by atoms with Crippen molar-refractivity contribution in [1.82, 2.24) is 0 Å². The van der Waals surface area contributed by atoms with Crippen LogP contribution in [0.3, 0.4) is 0 Å². The smallest absolute Gasteiger partial charge is 0.354 e. The Bertz CT molecular complexity index is 1070. The van der Waals surface area contributed by atoms with Crippen LogP contribution in [0.2, 0.25) is 0 Å². The van der Waals surface area contributed by atoms with Crippen molar-refractivity contribution in [3.63, 3.8) is 0 Å². The van der Waals surface area contributed by atoms with Gasteiger partial charge in [-0.3, -0.25) is 0 Å². The molecule has 0 saturated heterocycles. The van der Waals surface area contributed by atoms with E-state index in [1.165, 1.54) is 42.5 Å². The van der Waals surface area contributed by atoms with Crippen LogP contribution < -0.4 is 0 Å². The van der Waals surface area contributed by atoms with E-state index in [9.17, 15) is 23.1 Å². The van der Waals surface area contributed by atoms with Crippen LogP contribution in [0.1, 0.15) is 20.7 Å². The number of carboxylic acid groups (broad SMARTS) is 1. The summed E-state index contributed by atoms with van der Waals surface area (Å²) < 4.78 is 29.1. The van der Waals surface area contributed by atoms with Crippen molar-refractivity contribution in [2.75, 3.05) is 0 Å². The van der Waals surface area contributed by atoms with E-state index < -0.39 is 22.1 Å². The number of benzene rings is 3. The average molecular weight is 356 g/mol. The molecule has 0 amide bonds. The standard InChI is InChI=1S/C18H12O6S/c19-17(20)15-10-11-16(14-9-5-4-8-13(14)15)18(21)24-25(22,23)12-6-2-1-3-7-12/h1-11H,(H,19,20). The largest absolute Gasteiger partial charge is 0.478 e. The zero-order chi connectivity index (χ0) is 18.0. The van der Waals surface area contributed by atoms with E-state index in [4.69, 9.17) is 4.18 Å². The van der Waals surface area contributed by atoms with Gasteiger partial charge in [0, 0.05) is 0 Å². The summed E-state index contributed by atoms with van der Waals surface area (Å²) in [6.07, 6.45) is 0. The summed E-state index contributed by atoms with van der Waals surface area (Å²) in [5, 5.41) is 9.86. The predicted octanol–water partition coefficient (Wildman–Crippen LogP) is 3.08.